The molecule has 0 aliphatic rings. The molecular weight excluding hydrogens is 332 g/mol. The standard InChI is InChI=1S/C12H12Br2N2/c1-3-16-8(2)11(14)12(15-16)9-5-4-6-10(13)7-9/h4-7H,3H2,1-2H3. The Labute approximate surface area is 112 Å². The first-order chi connectivity index (χ1) is 7.63. The van der Waals surface area contributed by atoms with Crippen molar-refractivity contribution in [2.24, 2.45) is 0 Å². The van der Waals surface area contributed by atoms with Crippen molar-refractivity contribution in [1.82, 2.24) is 9.78 Å². The summed E-state index contributed by atoms with van der Waals surface area (Å²) in [5.41, 5.74) is 3.29. The highest BCUT2D eigenvalue weighted by molar-refractivity contribution is 9.11. The maximum absolute atomic E-state index is 4.59. The topological polar surface area (TPSA) is 17.8 Å². The number of hydrogen-bond acceptors (Lipinski definition) is 1. The van der Waals surface area contributed by atoms with E-state index in [4.69, 9.17) is 0 Å². The number of rotatable bonds is 2. The van der Waals surface area contributed by atoms with E-state index in [1.807, 2.05) is 16.8 Å². The van der Waals surface area contributed by atoms with E-state index < -0.39 is 0 Å². The summed E-state index contributed by atoms with van der Waals surface area (Å²) in [5, 5.41) is 4.59. The fourth-order valence-corrected chi connectivity index (χ4v) is 2.56. The van der Waals surface area contributed by atoms with Crippen LogP contribution in [0.2, 0.25) is 0 Å². The summed E-state index contributed by atoms with van der Waals surface area (Å²) >= 11 is 7.08. The fraction of sp³-hybridized carbons (Fsp3) is 0.250. The maximum atomic E-state index is 4.59. The first-order valence-corrected chi connectivity index (χ1v) is 6.71. The largest absolute Gasteiger partial charge is 0.268 e. The first-order valence-electron chi connectivity index (χ1n) is 5.12. The van der Waals surface area contributed by atoms with Gasteiger partial charge in [-0.2, -0.15) is 5.10 Å². The van der Waals surface area contributed by atoms with E-state index in [-0.39, 0.29) is 0 Å². The van der Waals surface area contributed by atoms with E-state index in [0.717, 1.165) is 32.4 Å². The SMILES string of the molecule is CCn1nc(-c2cccc(Br)c2)c(Br)c1C. The van der Waals surface area contributed by atoms with Gasteiger partial charge in [-0.3, -0.25) is 4.68 Å². The second-order valence-electron chi connectivity index (χ2n) is 3.57. The Hall–Kier alpha value is -0.610. The molecule has 4 heteroatoms. The third-order valence-corrected chi connectivity index (χ3v) is 3.97. The lowest BCUT2D eigenvalue weighted by atomic mass is 10.1. The molecule has 1 heterocycles. The summed E-state index contributed by atoms with van der Waals surface area (Å²) in [6.07, 6.45) is 0. The van der Waals surface area contributed by atoms with Gasteiger partial charge in [0.1, 0.15) is 5.69 Å². The summed E-state index contributed by atoms with van der Waals surface area (Å²) in [5.74, 6) is 0. The molecule has 0 radical (unpaired) electrons. The number of nitrogens with zero attached hydrogens (tertiary/aromatic N) is 2. The quantitative estimate of drug-likeness (QED) is 0.790. The van der Waals surface area contributed by atoms with Crippen LogP contribution in [0.25, 0.3) is 11.3 Å². The molecule has 2 rings (SSSR count). The lowest BCUT2D eigenvalue weighted by Crippen LogP contribution is -1.98. The van der Waals surface area contributed by atoms with Gasteiger partial charge in [0.25, 0.3) is 0 Å². The molecule has 0 aliphatic carbocycles. The monoisotopic (exact) mass is 342 g/mol. The Morgan fingerprint density at radius 1 is 1.31 bits per heavy atom. The van der Waals surface area contributed by atoms with E-state index in [1.165, 1.54) is 0 Å². The third-order valence-electron chi connectivity index (χ3n) is 2.53. The van der Waals surface area contributed by atoms with Gasteiger partial charge in [-0.05, 0) is 41.9 Å². The van der Waals surface area contributed by atoms with Crippen LogP contribution in [0.4, 0.5) is 0 Å². The Morgan fingerprint density at radius 2 is 2.06 bits per heavy atom. The number of aromatic nitrogens is 2. The maximum Gasteiger partial charge on any atom is 0.107 e. The molecule has 0 spiro atoms. The minimum Gasteiger partial charge on any atom is -0.268 e. The van der Waals surface area contributed by atoms with Crippen molar-refractivity contribution in [3.63, 3.8) is 0 Å². The fourth-order valence-electron chi connectivity index (χ4n) is 1.65. The summed E-state index contributed by atoms with van der Waals surface area (Å²) < 4.78 is 4.15. The van der Waals surface area contributed by atoms with Crippen LogP contribution in [0.3, 0.4) is 0 Å². The molecule has 0 fully saturated rings. The van der Waals surface area contributed by atoms with Crippen molar-refractivity contribution in [1.29, 1.82) is 0 Å². The molecular formula is C12H12Br2N2. The molecule has 1 aromatic carbocycles. The molecule has 0 aliphatic heterocycles. The summed E-state index contributed by atoms with van der Waals surface area (Å²) in [4.78, 5) is 0. The minimum atomic E-state index is 0.887. The molecule has 2 aromatic rings. The van der Waals surface area contributed by atoms with Crippen LogP contribution < -0.4 is 0 Å². The van der Waals surface area contributed by atoms with Gasteiger partial charge in [0.2, 0.25) is 0 Å². The van der Waals surface area contributed by atoms with E-state index >= 15 is 0 Å². The van der Waals surface area contributed by atoms with E-state index in [2.05, 4.69) is 62.9 Å². The Kier molecular flexibility index (Phi) is 3.50. The Bertz CT molecular complexity index is 518. The summed E-state index contributed by atoms with van der Waals surface area (Å²) in [6.45, 7) is 5.05. The van der Waals surface area contributed by atoms with Crippen molar-refractivity contribution in [3.8, 4) is 11.3 Å². The Morgan fingerprint density at radius 3 is 2.62 bits per heavy atom. The molecule has 0 saturated heterocycles. The van der Waals surface area contributed by atoms with Crippen molar-refractivity contribution in [2.75, 3.05) is 0 Å². The van der Waals surface area contributed by atoms with Crippen LogP contribution in [0.5, 0.6) is 0 Å². The zero-order chi connectivity index (χ0) is 11.7. The minimum absolute atomic E-state index is 0.887. The number of benzene rings is 1. The van der Waals surface area contributed by atoms with E-state index in [0.29, 0.717) is 0 Å². The highest BCUT2D eigenvalue weighted by Gasteiger charge is 2.13. The van der Waals surface area contributed by atoms with Crippen LogP contribution in [0, 0.1) is 6.92 Å². The highest BCUT2D eigenvalue weighted by Crippen LogP contribution is 2.31. The van der Waals surface area contributed by atoms with Gasteiger partial charge < -0.3 is 0 Å². The number of aryl methyl sites for hydroxylation is 1. The van der Waals surface area contributed by atoms with Crippen molar-refractivity contribution >= 4 is 31.9 Å². The molecule has 2 nitrogen and oxygen atoms in total. The van der Waals surface area contributed by atoms with E-state index in [9.17, 15) is 0 Å². The molecule has 0 atom stereocenters. The highest BCUT2D eigenvalue weighted by atomic mass is 79.9. The lowest BCUT2D eigenvalue weighted by molar-refractivity contribution is 0.641. The average molecular weight is 344 g/mol. The molecule has 0 amide bonds. The van der Waals surface area contributed by atoms with Gasteiger partial charge in [0.05, 0.1) is 10.2 Å². The smallest absolute Gasteiger partial charge is 0.107 e. The molecule has 0 bridgehead atoms. The van der Waals surface area contributed by atoms with Gasteiger partial charge >= 0.3 is 0 Å². The van der Waals surface area contributed by atoms with Gasteiger partial charge in [-0.25, -0.2) is 0 Å². The molecule has 0 unspecified atom stereocenters. The predicted molar refractivity (Wildman–Crippen MR) is 73.5 cm³/mol. The van der Waals surface area contributed by atoms with Crippen molar-refractivity contribution in [3.05, 3.63) is 38.9 Å². The zero-order valence-electron chi connectivity index (χ0n) is 9.17. The second kappa shape index (κ2) is 4.72. The Balaban J connectivity index is 2.56. The normalized spacial score (nSPS) is 10.8. The van der Waals surface area contributed by atoms with Gasteiger partial charge in [-0.15, -0.1) is 0 Å². The molecule has 0 N–H and O–H groups in total. The summed E-state index contributed by atoms with van der Waals surface area (Å²) in [7, 11) is 0. The molecule has 16 heavy (non-hydrogen) atoms. The number of hydrogen-bond donors (Lipinski definition) is 0. The van der Waals surface area contributed by atoms with Crippen LogP contribution in [0.1, 0.15) is 12.6 Å². The van der Waals surface area contributed by atoms with Crippen LogP contribution >= 0.6 is 31.9 Å². The second-order valence-corrected chi connectivity index (χ2v) is 5.28. The lowest BCUT2D eigenvalue weighted by Gasteiger charge is -1.98. The van der Waals surface area contributed by atoms with Crippen molar-refractivity contribution < 1.29 is 0 Å². The van der Waals surface area contributed by atoms with E-state index in [1.54, 1.807) is 0 Å². The van der Waals surface area contributed by atoms with Crippen molar-refractivity contribution in [2.45, 2.75) is 20.4 Å². The van der Waals surface area contributed by atoms with Gasteiger partial charge in [-0.1, -0.05) is 28.1 Å². The van der Waals surface area contributed by atoms with Gasteiger partial charge in [0, 0.05) is 16.6 Å². The first kappa shape index (κ1) is 11.9. The van der Waals surface area contributed by atoms with Gasteiger partial charge in [0.15, 0.2) is 0 Å². The van der Waals surface area contributed by atoms with Crippen LogP contribution in [0.15, 0.2) is 33.2 Å². The predicted octanol–water partition coefficient (Wildman–Crippen LogP) is 4.40. The third kappa shape index (κ3) is 2.09. The molecule has 84 valence electrons. The molecule has 1 aromatic heterocycles. The zero-order valence-corrected chi connectivity index (χ0v) is 12.3. The summed E-state index contributed by atoms with van der Waals surface area (Å²) in [6, 6.07) is 8.18. The van der Waals surface area contributed by atoms with Crippen LogP contribution in [-0.4, -0.2) is 9.78 Å². The molecule has 0 saturated carbocycles. The van der Waals surface area contributed by atoms with Crippen LogP contribution in [-0.2, 0) is 6.54 Å². The number of halogens is 2. The average Bonchev–Trinajstić information content (AvgIpc) is 2.56.